The maximum atomic E-state index is 12.4. The molecule has 1 saturated heterocycles. The Hall–Kier alpha value is -2.99. The van der Waals surface area contributed by atoms with Crippen molar-refractivity contribution in [3.63, 3.8) is 0 Å². The van der Waals surface area contributed by atoms with Crippen LogP contribution in [0.15, 0.2) is 49.3 Å². The van der Waals surface area contributed by atoms with Gasteiger partial charge in [-0.05, 0) is 37.8 Å². The fraction of sp³-hybridized carbons (Fsp3) is 0.400. The molecule has 5 rings (SSSR count). The number of piperazine rings is 1. The van der Waals surface area contributed by atoms with E-state index in [2.05, 4.69) is 26.8 Å². The number of amides is 1. The van der Waals surface area contributed by atoms with Crippen molar-refractivity contribution in [1.82, 2.24) is 28.9 Å². The highest BCUT2D eigenvalue weighted by Gasteiger charge is 2.33. The average Bonchev–Trinajstić information content (AvgIpc) is 3.34. The number of aromatic nitrogens is 3. The first-order valence-corrected chi connectivity index (χ1v) is 14.2. The smallest absolute Gasteiger partial charge is 0.304 e. The standard InChI is InChI=1S/C25H30ClN7O3S/c1-2-23(34)31-37(35,36)33-12-10-32(11-13-33)18-7-5-6-17(14-18)29-25-28-16-21(26)24(30-25)20-15-27-22-9-4-3-8-19(20)22/h2-4,8-9,15-18,27H,1,5-7,10-14H2,(H,31,34)(H,28,29,30)/t17-,18+/m1/s1. The van der Waals surface area contributed by atoms with E-state index in [-0.39, 0.29) is 6.04 Å². The highest BCUT2D eigenvalue weighted by atomic mass is 35.5. The van der Waals surface area contributed by atoms with Gasteiger partial charge in [-0.25, -0.2) is 14.7 Å². The molecule has 37 heavy (non-hydrogen) atoms. The summed E-state index contributed by atoms with van der Waals surface area (Å²) in [5.74, 6) is -0.176. The van der Waals surface area contributed by atoms with Gasteiger partial charge in [0, 0.05) is 60.9 Å². The van der Waals surface area contributed by atoms with E-state index in [1.165, 1.54) is 4.31 Å². The van der Waals surface area contributed by atoms with Gasteiger partial charge in [0.2, 0.25) is 5.95 Å². The molecule has 1 amide bonds. The lowest BCUT2D eigenvalue weighted by Crippen LogP contribution is -2.56. The molecule has 1 aromatic carbocycles. The molecule has 10 nitrogen and oxygen atoms in total. The quantitative estimate of drug-likeness (QED) is 0.391. The number of carbonyl (C=O) groups is 1. The van der Waals surface area contributed by atoms with Gasteiger partial charge in [-0.15, -0.1) is 0 Å². The second kappa shape index (κ2) is 10.8. The minimum Gasteiger partial charge on any atom is -0.360 e. The number of halogens is 1. The van der Waals surface area contributed by atoms with Gasteiger partial charge in [-0.2, -0.15) is 12.7 Å². The van der Waals surface area contributed by atoms with Crippen molar-refractivity contribution in [3.05, 3.63) is 54.3 Å². The van der Waals surface area contributed by atoms with Gasteiger partial charge >= 0.3 is 10.2 Å². The van der Waals surface area contributed by atoms with Crippen LogP contribution in [0.3, 0.4) is 0 Å². The van der Waals surface area contributed by atoms with E-state index in [0.29, 0.717) is 48.9 Å². The Kier molecular flexibility index (Phi) is 7.47. The van der Waals surface area contributed by atoms with Crippen molar-refractivity contribution < 1.29 is 13.2 Å². The van der Waals surface area contributed by atoms with Crippen LogP contribution in [-0.4, -0.2) is 76.7 Å². The third-order valence-electron chi connectivity index (χ3n) is 7.11. The SMILES string of the molecule is C=CC(=O)NS(=O)(=O)N1CCN([C@H]2CCC[C@@H](Nc3ncc(Cl)c(-c4c[nH]c5ccccc45)n3)C2)CC1. The molecule has 1 aliphatic carbocycles. The fourth-order valence-electron chi connectivity index (χ4n) is 5.24. The summed E-state index contributed by atoms with van der Waals surface area (Å²) in [4.78, 5) is 26.3. The lowest BCUT2D eigenvalue weighted by atomic mass is 9.89. The zero-order chi connectivity index (χ0) is 26.0. The Bertz CT molecular complexity index is 1400. The maximum absolute atomic E-state index is 12.4. The summed E-state index contributed by atoms with van der Waals surface area (Å²) in [7, 11) is -3.85. The second-order valence-electron chi connectivity index (χ2n) is 9.41. The first-order chi connectivity index (χ1) is 17.8. The molecular weight excluding hydrogens is 514 g/mol. The largest absolute Gasteiger partial charge is 0.360 e. The van der Waals surface area contributed by atoms with E-state index in [1.54, 1.807) is 6.20 Å². The van der Waals surface area contributed by atoms with Crippen LogP contribution in [0.2, 0.25) is 5.02 Å². The van der Waals surface area contributed by atoms with Gasteiger partial charge in [0.05, 0.1) is 16.9 Å². The zero-order valence-corrected chi connectivity index (χ0v) is 21.9. The number of nitrogens with one attached hydrogen (secondary N) is 3. The van der Waals surface area contributed by atoms with Crippen LogP contribution >= 0.6 is 11.6 Å². The summed E-state index contributed by atoms with van der Waals surface area (Å²) < 4.78 is 28.1. The number of nitrogens with zero attached hydrogens (tertiary/aromatic N) is 4. The Morgan fingerprint density at radius 2 is 1.97 bits per heavy atom. The Morgan fingerprint density at radius 1 is 1.19 bits per heavy atom. The Balaban J connectivity index is 1.22. The normalized spacial score (nSPS) is 21.5. The van der Waals surface area contributed by atoms with Crippen LogP contribution < -0.4 is 10.0 Å². The molecule has 3 heterocycles. The molecule has 196 valence electrons. The van der Waals surface area contributed by atoms with E-state index >= 15 is 0 Å². The topological polar surface area (TPSA) is 123 Å². The van der Waals surface area contributed by atoms with Gasteiger partial charge in [-0.3, -0.25) is 9.69 Å². The molecule has 0 radical (unpaired) electrons. The predicted molar refractivity (Wildman–Crippen MR) is 144 cm³/mol. The van der Waals surface area contributed by atoms with Crippen LogP contribution in [0, 0.1) is 0 Å². The maximum Gasteiger partial charge on any atom is 0.304 e. The monoisotopic (exact) mass is 543 g/mol. The van der Waals surface area contributed by atoms with Crippen LogP contribution in [0.5, 0.6) is 0 Å². The molecule has 1 saturated carbocycles. The number of benzene rings is 1. The molecule has 3 aromatic rings. The number of fused-ring (bicyclic) bond motifs is 1. The molecule has 2 atom stereocenters. The van der Waals surface area contributed by atoms with Crippen molar-refractivity contribution in [2.75, 3.05) is 31.5 Å². The molecule has 3 N–H and O–H groups in total. The van der Waals surface area contributed by atoms with Gasteiger partial charge in [0.1, 0.15) is 0 Å². The number of carbonyl (C=O) groups excluding carboxylic acids is 1. The van der Waals surface area contributed by atoms with Gasteiger partial charge in [0.15, 0.2) is 0 Å². The third kappa shape index (κ3) is 5.64. The van der Waals surface area contributed by atoms with Gasteiger partial charge in [-0.1, -0.05) is 36.4 Å². The number of rotatable bonds is 7. The number of anilines is 1. The van der Waals surface area contributed by atoms with Crippen LogP contribution in [0.4, 0.5) is 5.95 Å². The zero-order valence-electron chi connectivity index (χ0n) is 20.4. The summed E-state index contributed by atoms with van der Waals surface area (Å²) in [6.07, 6.45) is 8.54. The van der Waals surface area contributed by atoms with Crippen LogP contribution in [0.25, 0.3) is 22.2 Å². The number of H-pyrrole nitrogens is 1. The minimum absolute atomic E-state index is 0.199. The summed E-state index contributed by atoms with van der Waals surface area (Å²) in [5, 5.41) is 5.05. The van der Waals surface area contributed by atoms with E-state index in [4.69, 9.17) is 16.6 Å². The van der Waals surface area contributed by atoms with Crippen molar-refractivity contribution in [2.24, 2.45) is 0 Å². The molecule has 2 aliphatic rings. The molecular formula is C25H30ClN7O3S. The number of para-hydroxylation sites is 1. The number of hydrogen-bond acceptors (Lipinski definition) is 7. The van der Waals surface area contributed by atoms with Gasteiger partial charge in [0.25, 0.3) is 5.91 Å². The highest BCUT2D eigenvalue weighted by molar-refractivity contribution is 7.87. The van der Waals surface area contributed by atoms with E-state index in [9.17, 15) is 13.2 Å². The summed E-state index contributed by atoms with van der Waals surface area (Å²) in [6, 6.07) is 8.56. The van der Waals surface area contributed by atoms with Crippen LogP contribution in [-0.2, 0) is 15.0 Å². The van der Waals surface area contributed by atoms with Crippen molar-refractivity contribution in [3.8, 4) is 11.3 Å². The van der Waals surface area contributed by atoms with E-state index in [0.717, 1.165) is 48.2 Å². The van der Waals surface area contributed by atoms with Crippen LogP contribution in [0.1, 0.15) is 25.7 Å². The van der Waals surface area contributed by atoms with Crippen molar-refractivity contribution in [2.45, 2.75) is 37.8 Å². The molecule has 2 aromatic heterocycles. The lowest BCUT2D eigenvalue weighted by Gasteiger charge is -2.42. The fourth-order valence-corrected chi connectivity index (χ4v) is 6.55. The molecule has 12 heteroatoms. The first kappa shape index (κ1) is 25.7. The summed E-state index contributed by atoms with van der Waals surface area (Å²) in [5.41, 5.74) is 2.64. The molecule has 0 bridgehead atoms. The first-order valence-electron chi connectivity index (χ1n) is 12.4. The molecule has 2 fully saturated rings. The molecule has 1 aliphatic heterocycles. The third-order valence-corrected chi connectivity index (χ3v) is 8.89. The van der Waals surface area contributed by atoms with E-state index in [1.807, 2.05) is 35.2 Å². The Morgan fingerprint density at radius 3 is 2.76 bits per heavy atom. The highest BCUT2D eigenvalue weighted by Crippen LogP contribution is 2.33. The number of aromatic amines is 1. The second-order valence-corrected chi connectivity index (χ2v) is 11.5. The number of hydrogen-bond donors (Lipinski definition) is 3. The van der Waals surface area contributed by atoms with Crippen molar-refractivity contribution in [1.29, 1.82) is 0 Å². The summed E-state index contributed by atoms with van der Waals surface area (Å²) in [6.45, 7) is 5.21. The lowest BCUT2D eigenvalue weighted by molar-refractivity contribution is -0.114. The van der Waals surface area contributed by atoms with Gasteiger partial charge < -0.3 is 10.3 Å². The predicted octanol–water partition coefficient (Wildman–Crippen LogP) is 3.17. The summed E-state index contributed by atoms with van der Waals surface area (Å²) >= 11 is 6.49. The minimum atomic E-state index is -3.85. The molecule has 0 unspecified atom stereocenters. The average molecular weight is 544 g/mol. The van der Waals surface area contributed by atoms with E-state index < -0.39 is 16.1 Å². The molecule has 0 spiro atoms. The van der Waals surface area contributed by atoms with Crippen molar-refractivity contribution >= 4 is 44.6 Å². The Labute approximate surface area is 221 Å².